The van der Waals surface area contributed by atoms with Crippen molar-refractivity contribution in [2.45, 2.75) is 32.7 Å². The number of ether oxygens (including phenoxy) is 3. The largest absolute Gasteiger partial charge is 0.507 e. The summed E-state index contributed by atoms with van der Waals surface area (Å²) in [5.41, 5.74) is 2.13. The summed E-state index contributed by atoms with van der Waals surface area (Å²) < 4.78 is 16.8. The molecule has 8 nitrogen and oxygen atoms in total. The highest BCUT2D eigenvalue weighted by Crippen LogP contribution is 2.40. The molecule has 2 aliphatic rings. The van der Waals surface area contributed by atoms with Crippen molar-refractivity contribution in [3.8, 4) is 11.5 Å². The van der Waals surface area contributed by atoms with Crippen LogP contribution in [0.15, 0.2) is 60.7 Å². The molecule has 4 rings (SSSR count). The van der Waals surface area contributed by atoms with Gasteiger partial charge in [0.1, 0.15) is 23.9 Å². The Hall–Kier alpha value is -3.62. The highest BCUT2D eigenvalue weighted by Gasteiger charge is 2.45. The van der Waals surface area contributed by atoms with Crippen LogP contribution in [0.5, 0.6) is 11.5 Å². The van der Waals surface area contributed by atoms with Crippen molar-refractivity contribution in [3.63, 3.8) is 0 Å². The minimum absolute atomic E-state index is 0.0905. The molecule has 0 radical (unpaired) electrons. The van der Waals surface area contributed by atoms with Crippen molar-refractivity contribution in [2.75, 3.05) is 52.6 Å². The van der Waals surface area contributed by atoms with Gasteiger partial charge in [0.25, 0.3) is 11.7 Å². The minimum Gasteiger partial charge on any atom is -0.507 e. The van der Waals surface area contributed by atoms with E-state index < -0.39 is 17.7 Å². The van der Waals surface area contributed by atoms with Gasteiger partial charge in [0.05, 0.1) is 31.4 Å². The highest BCUT2D eigenvalue weighted by atomic mass is 16.5. The lowest BCUT2D eigenvalue weighted by atomic mass is 9.94. The first-order chi connectivity index (χ1) is 18.9. The number of ketones is 1. The average molecular weight is 535 g/mol. The maximum atomic E-state index is 13.4. The first kappa shape index (κ1) is 28.4. The number of morpholine rings is 1. The van der Waals surface area contributed by atoms with Crippen LogP contribution >= 0.6 is 0 Å². The molecule has 2 saturated heterocycles. The molecular formula is C31H38N2O6. The number of carbonyl (C=O) groups excluding carboxylic acids is 2. The number of Topliss-reactive ketones (excluding diaryl/α,β-unsaturated/α-hetero) is 1. The maximum absolute atomic E-state index is 13.4. The van der Waals surface area contributed by atoms with Gasteiger partial charge in [-0.25, -0.2) is 0 Å². The topological polar surface area (TPSA) is 88.5 Å². The van der Waals surface area contributed by atoms with Crippen LogP contribution in [0.3, 0.4) is 0 Å². The van der Waals surface area contributed by atoms with Crippen LogP contribution in [0, 0.1) is 6.92 Å². The molecule has 1 atom stereocenters. The molecule has 2 aromatic carbocycles. The Morgan fingerprint density at radius 1 is 1.10 bits per heavy atom. The minimum atomic E-state index is -0.709. The Kier molecular flexibility index (Phi) is 9.79. The van der Waals surface area contributed by atoms with Crippen molar-refractivity contribution < 1.29 is 28.9 Å². The maximum Gasteiger partial charge on any atom is 0.295 e. The summed E-state index contributed by atoms with van der Waals surface area (Å²) in [6.07, 6.45) is 3.25. The molecule has 2 fully saturated rings. The third kappa shape index (κ3) is 6.69. The molecule has 0 saturated carbocycles. The van der Waals surface area contributed by atoms with E-state index in [-0.39, 0.29) is 11.3 Å². The molecule has 0 spiro atoms. The SMILES string of the molecule is C=CCOc1ccc([C@@H]2C(=C(O)c3ccc(OCCC)c(C)c3)C(=O)C(=O)N2CCCN2CCOCC2)cc1. The first-order valence-electron chi connectivity index (χ1n) is 13.6. The Morgan fingerprint density at radius 2 is 1.85 bits per heavy atom. The van der Waals surface area contributed by atoms with Crippen molar-refractivity contribution >= 4 is 17.4 Å². The summed E-state index contributed by atoms with van der Waals surface area (Å²) >= 11 is 0. The zero-order chi connectivity index (χ0) is 27.8. The number of amides is 1. The standard InChI is InChI=1S/C31H38N2O6/c1-4-17-38-25-10-7-23(8-11-25)28-27(29(34)24-9-12-26(22(3)21-24)39-18-5-2)30(35)31(36)33(28)14-6-13-32-15-19-37-20-16-32/h4,7-12,21,28,34H,1,5-6,13-20H2,2-3H3/t28-/m1/s1. The molecule has 2 heterocycles. The van der Waals surface area contributed by atoms with Crippen LogP contribution in [-0.2, 0) is 14.3 Å². The number of nitrogens with zero attached hydrogens (tertiary/aromatic N) is 2. The molecule has 1 N–H and O–H groups in total. The van der Waals surface area contributed by atoms with Crippen LogP contribution in [-0.4, -0.2) is 79.2 Å². The van der Waals surface area contributed by atoms with Gasteiger partial charge in [0, 0.05) is 31.7 Å². The Bertz CT molecular complexity index is 1200. The molecule has 1 amide bonds. The predicted octanol–water partition coefficient (Wildman–Crippen LogP) is 4.49. The molecule has 0 aliphatic carbocycles. The Morgan fingerprint density at radius 3 is 2.51 bits per heavy atom. The van der Waals surface area contributed by atoms with E-state index in [9.17, 15) is 14.7 Å². The van der Waals surface area contributed by atoms with Gasteiger partial charge in [0.2, 0.25) is 0 Å². The van der Waals surface area contributed by atoms with Crippen LogP contribution in [0.25, 0.3) is 5.76 Å². The molecule has 8 heteroatoms. The van der Waals surface area contributed by atoms with E-state index in [1.54, 1.807) is 41.3 Å². The van der Waals surface area contributed by atoms with E-state index in [4.69, 9.17) is 14.2 Å². The van der Waals surface area contributed by atoms with E-state index >= 15 is 0 Å². The predicted molar refractivity (Wildman–Crippen MR) is 150 cm³/mol. The van der Waals surface area contributed by atoms with Gasteiger partial charge in [-0.15, -0.1) is 0 Å². The number of aliphatic hydroxyl groups is 1. The number of aliphatic hydroxyl groups excluding tert-OH is 1. The van der Waals surface area contributed by atoms with Gasteiger partial charge in [-0.3, -0.25) is 14.5 Å². The lowest BCUT2D eigenvalue weighted by molar-refractivity contribution is -0.140. The normalized spacial score (nSPS) is 19.3. The van der Waals surface area contributed by atoms with E-state index in [1.807, 2.05) is 26.0 Å². The fourth-order valence-electron chi connectivity index (χ4n) is 4.97. The van der Waals surface area contributed by atoms with E-state index in [0.717, 1.165) is 42.9 Å². The van der Waals surface area contributed by atoms with Gasteiger partial charge in [0.15, 0.2) is 0 Å². The zero-order valence-electron chi connectivity index (χ0n) is 22.9. The number of aryl methyl sites for hydroxylation is 1. The van der Waals surface area contributed by atoms with Gasteiger partial charge in [-0.1, -0.05) is 31.7 Å². The van der Waals surface area contributed by atoms with Gasteiger partial charge >= 0.3 is 0 Å². The number of hydrogen-bond acceptors (Lipinski definition) is 7. The van der Waals surface area contributed by atoms with Crippen LogP contribution in [0.1, 0.15) is 42.5 Å². The van der Waals surface area contributed by atoms with Crippen LogP contribution < -0.4 is 9.47 Å². The molecule has 0 aromatic heterocycles. The van der Waals surface area contributed by atoms with Gasteiger partial charge < -0.3 is 24.2 Å². The number of hydrogen-bond donors (Lipinski definition) is 1. The molecule has 2 aromatic rings. The highest BCUT2D eigenvalue weighted by molar-refractivity contribution is 6.46. The van der Waals surface area contributed by atoms with Crippen molar-refractivity contribution in [1.82, 2.24) is 9.80 Å². The summed E-state index contributed by atoms with van der Waals surface area (Å²) in [6.45, 7) is 12.9. The summed E-state index contributed by atoms with van der Waals surface area (Å²) in [5.74, 6) is -0.0917. The first-order valence-corrected chi connectivity index (χ1v) is 13.6. The number of rotatable bonds is 12. The van der Waals surface area contributed by atoms with Gasteiger partial charge in [-0.2, -0.15) is 0 Å². The summed E-state index contributed by atoms with van der Waals surface area (Å²) in [4.78, 5) is 30.6. The smallest absolute Gasteiger partial charge is 0.295 e. The van der Waals surface area contributed by atoms with E-state index in [2.05, 4.69) is 11.5 Å². The molecule has 39 heavy (non-hydrogen) atoms. The van der Waals surface area contributed by atoms with Crippen molar-refractivity contribution in [2.24, 2.45) is 0 Å². The zero-order valence-corrected chi connectivity index (χ0v) is 22.9. The van der Waals surface area contributed by atoms with Gasteiger partial charge in [-0.05, 0) is 61.2 Å². The lowest BCUT2D eigenvalue weighted by Gasteiger charge is -2.29. The molecule has 208 valence electrons. The van der Waals surface area contributed by atoms with Crippen molar-refractivity contribution in [3.05, 3.63) is 77.4 Å². The van der Waals surface area contributed by atoms with Crippen LogP contribution in [0.2, 0.25) is 0 Å². The summed E-state index contributed by atoms with van der Waals surface area (Å²) in [7, 11) is 0. The average Bonchev–Trinajstić information content (AvgIpc) is 3.21. The second-order valence-electron chi connectivity index (χ2n) is 9.80. The quantitative estimate of drug-likeness (QED) is 0.186. The number of benzene rings is 2. The van der Waals surface area contributed by atoms with Crippen LogP contribution in [0.4, 0.5) is 0 Å². The third-order valence-electron chi connectivity index (χ3n) is 6.99. The number of carbonyl (C=O) groups is 2. The summed E-state index contributed by atoms with van der Waals surface area (Å²) in [6, 6.07) is 11.9. The molecule has 2 aliphatic heterocycles. The number of likely N-dealkylation sites (tertiary alicyclic amines) is 1. The Balaban J connectivity index is 1.66. The fraction of sp³-hybridized carbons (Fsp3) is 0.419. The fourth-order valence-corrected chi connectivity index (χ4v) is 4.97. The molecule has 0 unspecified atom stereocenters. The van der Waals surface area contributed by atoms with E-state index in [0.29, 0.717) is 50.7 Å². The second-order valence-corrected chi connectivity index (χ2v) is 9.80. The second kappa shape index (κ2) is 13.4. The Labute approximate surface area is 230 Å². The molecular weight excluding hydrogens is 496 g/mol. The van der Waals surface area contributed by atoms with E-state index in [1.165, 1.54) is 0 Å². The molecule has 0 bridgehead atoms. The monoisotopic (exact) mass is 534 g/mol. The lowest BCUT2D eigenvalue weighted by Crippen LogP contribution is -2.38. The van der Waals surface area contributed by atoms with Crippen molar-refractivity contribution in [1.29, 1.82) is 0 Å². The summed E-state index contributed by atoms with van der Waals surface area (Å²) in [5, 5.41) is 11.4. The third-order valence-corrected chi connectivity index (χ3v) is 6.99.